The van der Waals surface area contributed by atoms with Crippen molar-refractivity contribution in [2.75, 3.05) is 0 Å². The van der Waals surface area contributed by atoms with Crippen LogP contribution in [0.4, 0.5) is 0 Å². The average Bonchev–Trinajstić information content (AvgIpc) is 2.76. The standard InChI is InChI=1S/C29H54O2/c1-2-3-4-5-6-7-8-9-10-11-12-13-14-15-16-17-18-19-20-21-22-23-24-25-26-27-28-29(30)31/h25-28H,2-24H2,1H3,(H,30,31). The zero-order valence-electron chi connectivity index (χ0n) is 20.9. The van der Waals surface area contributed by atoms with Crippen molar-refractivity contribution >= 4 is 5.97 Å². The van der Waals surface area contributed by atoms with Crippen LogP contribution in [0.5, 0.6) is 0 Å². The number of unbranched alkanes of at least 4 members (excludes halogenated alkanes) is 22. The first-order valence-electron chi connectivity index (χ1n) is 13.8. The van der Waals surface area contributed by atoms with E-state index in [-0.39, 0.29) is 0 Å². The molecule has 31 heavy (non-hydrogen) atoms. The minimum Gasteiger partial charge on any atom is -0.478 e. The van der Waals surface area contributed by atoms with E-state index in [1.54, 1.807) is 6.08 Å². The number of carboxylic acids is 1. The number of hydrogen-bond donors (Lipinski definition) is 1. The molecule has 0 aliphatic rings. The molecule has 0 fully saturated rings. The highest BCUT2D eigenvalue weighted by Gasteiger charge is 1.95. The maximum Gasteiger partial charge on any atom is 0.328 e. The fourth-order valence-corrected chi connectivity index (χ4v) is 4.18. The van der Waals surface area contributed by atoms with E-state index in [9.17, 15) is 4.79 Å². The minimum absolute atomic E-state index is 0.881. The molecule has 0 atom stereocenters. The lowest BCUT2D eigenvalue weighted by Gasteiger charge is -2.04. The Bertz CT molecular complexity index is 411. The molecular formula is C29H54O2. The Labute approximate surface area is 195 Å². The van der Waals surface area contributed by atoms with Crippen LogP contribution in [0.25, 0.3) is 0 Å². The summed E-state index contributed by atoms with van der Waals surface area (Å²) in [5.41, 5.74) is 0. The van der Waals surface area contributed by atoms with Crippen LogP contribution in [-0.2, 0) is 4.79 Å². The first-order valence-corrected chi connectivity index (χ1v) is 13.8. The number of allylic oxidation sites excluding steroid dienone is 3. The SMILES string of the molecule is CCCCCCCCCCCCCCCCCCCCCCCCC=CC=CC(=O)O. The van der Waals surface area contributed by atoms with Gasteiger partial charge in [0.25, 0.3) is 0 Å². The summed E-state index contributed by atoms with van der Waals surface area (Å²) in [6.45, 7) is 2.29. The topological polar surface area (TPSA) is 37.3 Å². The number of aliphatic carboxylic acids is 1. The van der Waals surface area contributed by atoms with Gasteiger partial charge >= 0.3 is 5.97 Å². The van der Waals surface area contributed by atoms with E-state index in [0.29, 0.717) is 0 Å². The van der Waals surface area contributed by atoms with Crippen molar-refractivity contribution in [3.05, 3.63) is 24.3 Å². The lowest BCUT2D eigenvalue weighted by atomic mass is 10.0. The van der Waals surface area contributed by atoms with E-state index in [1.807, 2.05) is 6.08 Å². The molecule has 0 unspecified atom stereocenters. The van der Waals surface area contributed by atoms with Gasteiger partial charge in [-0.05, 0) is 12.8 Å². The molecular weight excluding hydrogens is 380 g/mol. The molecule has 0 aliphatic carbocycles. The molecule has 1 N–H and O–H groups in total. The van der Waals surface area contributed by atoms with Crippen LogP contribution >= 0.6 is 0 Å². The largest absolute Gasteiger partial charge is 0.478 e. The van der Waals surface area contributed by atoms with Crippen molar-refractivity contribution in [1.29, 1.82) is 0 Å². The first-order chi connectivity index (χ1) is 15.3. The summed E-state index contributed by atoms with van der Waals surface area (Å²) in [6, 6.07) is 0. The van der Waals surface area contributed by atoms with Crippen LogP contribution in [0.1, 0.15) is 155 Å². The van der Waals surface area contributed by atoms with Gasteiger partial charge in [-0.1, -0.05) is 160 Å². The predicted molar refractivity (Wildman–Crippen MR) is 138 cm³/mol. The van der Waals surface area contributed by atoms with Gasteiger partial charge in [-0.2, -0.15) is 0 Å². The molecule has 182 valence electrons. The summed E-state index contributed by atoms with van der Waals surface area (Å²) in [7, 11) is 0. The van der Waals surface area contributed by atoms with Gasteiger partial charge in [0.1, 0.15) is 0 Å². The lowest BCUT2D eigenvalue weighted by Crippen LogP contribution is -1.84. The normalized spacial score (nSPS) is 11.8. The summed E-state index contributed by atoms with van der Waals surface area (Å²) in [5.74, 6) is -0.881. The first kappa shape index (κ1) is 29.9. The minimum atomic E-state index is -0.881. The molecule has 0 aromatic carbocycles. The predicted octanol–water partition coefficient (Wildman–Crippen LogP) is 10.2. The van der Waals surface area contributed by atoms with Crippen LogP contribution in [0.3, 0.4) is 0 Å². The molecule has 0 radical (unpaired) electrons. The second kappa shape index (κ2) is 27.0. The molecule has 0 aliphatic heterocycles. The summed E-state index contributed by atoms with van der Waals surface area (Å²) in [4.78, 5) is 10.3. The van der Waals surface area contributed by atoms with Gasteiger partial charge < -0.3 is 5.11 Å². The third-order valence-electron chi connectivity index (χ3n) is 6.21. The average molecular weight is 435 g/mol. The smallest absolute Gasteiger partial charge is 0.328 e. The second-order valence-corrected chi connectivity index (χ2v) is 9.34. The van der Waals surface area contributed by atoms with E-state index in [1.165, 1.54) is 147 Å². The lowest BCUT2D eigenvalue weighted by molar-refractivity contribution is -0.131. The third-order valence-corrected chi connectivity index (χ3v) is 6.21. The molecule has 0 saturated heterocycles. The van der Waals surface area contributed by atoms with Crippen LogP contribution in [-0.4, -0.2) is 11.1 Å². The van der Waals surface area contributed by atoms with E-state index in [0.717, 1.165) is 6.42 Å². The molecule has 0 heterocycles. The number of rotatable bonds is 25. The molecule has 0 aromatic heterocycles. The second-order valence-electron chi connectivity index (χ2n) is 9.34. The Morgan fingerprint density at radius 2 is 0.839 bits per heavy atom. The maximum absolute atomic E-state index is 10.3. The Kier molecular flexibility index (Phi) is 26.1. The molecule has 0 rings (SSSR count). The zero-order valence-corrected chi connectivity index (χ0v) is 20.9. The van der Waals surface area contributed by atoms with Crippen LogP contribution < -0.4 is 0 Å². The molecule has 2 nitrogen and oxygen atoms in total. The third kappa shape index (κ3) is 28.9. The molecule has 0 saturated carbocycles. The van der Waals surface area contributed by atoms with Crippen LogP contribution in [0, 0.1) is 0 Å². The van der Waals surface area contributed by atoms with Crippen molar-refractivity contribution in [2.24, 2.45) is 0 Å². The van der Waals surface area contributed by atoms with Gasteiger partial charge in [0.2, 0.25) is 0 Å². The highest BCUT2D eigenvalue weighted by Crippen LogP contribution is 2.15. The Morgan fingerprint density at radius 3 is 1.16 bits per heavy atom. The van der Waals surface area contributed by atoms with Crippen LogP contribution in [0.15, 0.2) is 24.3 Å². The summed E-state index contributed by atoms with van der Waals surface area (Å²) in [6.07, 6.45) is 39.0. The van der Waals surface area contributed by atoms with Crippen LogP contribution in [0.2, 0.25) is 0 Å². The zero-order chi connectivity index (χ0) is 22.7. The number of carbonyl (C=O) groups is 1. The van der Waals surface area contributed by atoms with Gasteiger partial charge in [-0.3, -0.25) is 0 Å². The van der Waals surface area contributed by atoms with E-state index in [4.69, 9.17) is 5.11 Å². The summed E-state index contributed by atoms with van der Waals surface area (Å²) >= 11 is 0. The molecule has 0 amide bonds. The number of hydrogen-bond acceptors (Lipinski definition) is 1. The van der Waals surface area contributed by atoms with Crippen molar-refractivity contribution in [2.45, 2.75) is 155 Å². The van der Waals surface area contributed by atoms with E-state index in [2.05, 4.69) is 13.0 Å². The number of carboxylic acid groups (broad SMARTS) is 1. The van der Waals surface area contributed by atoms with Gasteiger partial charge in [-0.15, -0.1) is 0 Å². The van der Waals surface area contributed by atoms with Crippen molar-refractivity contribution in [1.82, 2.24) is 0 Å². The molecule has 0 bridgehead atoms. The van der Waals surface area contributed by atoms with E-state index < -0.39 is 5.97 Å². The van der Waals surface area contributed by atoms with Gasteiger partial charge in [-0.25, -0.2) is 4.79 Å². The molecule has 2 heteroatoms. The molecule has 0 spiro atoms. The van der Waals surface area contributed by atoms with Gasteiger partial charge in [0.05, 0.1) is 0 Å². The van der Waals surface area contributed by atoms with Gasteiger partial charge in [0.15, 0.2) is 0 Å². The van der Waals surface area contributed by atoms with Crippen molar-refractivity contribution in [3.8, 4) is 0 Å². The van der Waals surface area contributed by atoms with E-state index >= 15 is 0 Å². The molecule has 0 aromatic rings. The quantitative estimate of drug-likeness (QED) is 0.0881. The Balaban J connectivity index is 3.07. The summed E-state index contributed by atoms with van der Waals surface area (Å²) < 4.78 is 0. The Morgan fingerprint density at radius 1 is 0.516 bits per heavy atom. The monoisotopic (exact) mass is 434 g/mol. The van der Waals surface area contributed by atoms with Crippen molar-refractivity contribution in [3.63, 3.8) is 0 Å². The highest BCUT2D eigenvalue weighted by molar-refractivity contribution is 5.80. The maximum atomic E-state index is 10.3. The fraction of sp³-hybridized carbons (Fsp3) is 0.828. The highest BCUT2D eigenvalue weighted by atomic mass is 16.4. The van der Waals surface area contributed by atoms with Gasteiger partial charge in [0, 0.05) is 6.08 Å². The van der Waals surface area contributed by atoms with Crippen molar-refractivity contribution < 1.29 is 9.90 Å². The fourth-order valence-electron chi connectivity index (χ4n) is 4.18. The summed E-state index contributed by atoms with van der Waals surface area (Å²) in [5, 5.41) is 8.48. The Hall–Kier alpha value is -1.05.